The number of rotatable bonds is 6. The van der Waals surface area contributed by atoms with Crippen molar-refractivity contribution < 1.29 is 18.3 Å². The first-order valence-electron chi connectivity index (χ1n) is 12.0. The van der Waals surface area contributed by atoms with Crippen LogP contribution >= 0.6 is 22.9 Å². The number of nitrogens with zero attached hydrogens (tertiary/aromatic N) is 5. The van der Waals surface area contributed by atoms with Crippen LogP contribution in [0.3, 0.4) is 0 Å². The molecule has 1 amide bonds. The van der Waals surface area contributed by atoms with Crippen molar-refractivity contribution in [1.82, 2.24) is 24.1 Å². The normalized spacial score (nSPS) is 19.2. The Balaban J connectivity index is 1.42. The van der Waals surface area contributed by atoms with E-state index in [4.69, 9.17) is 11.6 Å². The van der Waals surface area contributed by atoms with E-state index in [0.717, 1.165) is 30.1 Å². The minimum Gasteiger partial charge on any atom is -0.392 e. The molecule has 1 fully saturated rings. The van der Waals surface area contributed by atoms with Crippen molar-refractivity contribution in [2.24, 2.45) is 0 Å². The third kappa shape index (κ3) is 4.87. The van der Waals surface area contributed by atoms with Crippen LogP contribution in [0.15, 0.2) is 23.2 Å². The lowest BCUT2D eigenvalue weighted by atomic mass is 10.1. The molecule has 1 unspecified atom stereocenters. The minimum atomic E-state index is -4.02. The quantitative estimate of drug-likeness (QED) is 0.471. The summed E-state index contributed by atoms with van der Waals surface area (Å²) in [6.45, 7) is 1.49. The van der Waals surface area contributed by atoms with Crippen LogP contribution in [-0.4, -0.2) is 82.8 Å². The van der Waals surface area contributed by atoms with Crippen molar-refractivity contribution in [1.29, 1.82) is 5.26 Å². The SMILES string of the molecule is CN1CCc2nc(C(=O)N3CCN(S(=O)(=O)c4[nH]c5ccc(Cl)cc5c4CO)CC3CCC#N)sc2C1. The fourth-order valence-corrected chi connectivity index (χ4v) is 8.02. The Morgan fingerprint density at radius 2 is 2.16 bits per heavy atom. The lowest BCUT2D eigenvalue weighted by Gasteiger charge is -2.40. The lowest BCUT2D eigenvalue weighted by molar-refractivity contribution is 0.0552. The molecule has 0 saturated carbocycles. The molecular weight excluding hydrogens is 536 g/mol. The molecule has 2 aliphatic rings. The maximum atomic E-state index is 13.7. The van der Waals surface area contributed by atoms with Crippen LogP contribution in [0.5, 0.6) is 0 Å². The Bertz CT molecular complexity index is 1490. The summed E-state index contributed by atoms with van der Waals surface area (Å²) in [5.41, 5.74) is 1.76. The van der Waals surface area contributed by atoms with Gasteiger partial charge in [0, 0.05) is 78.0 Å². The average molecular weight is 563 g/mol. The number of sulfonamides is 1. The highest BCUT2D eigenvalue weighted by atomic mass is 35.5. The van der Waals surface area contributed by atoms with Gasteiger partial charge in [-0.1, -0.05) is 11.6 Å². The molecule has 37 heavy (non-hydrogen) atoms. The molecule has 13 heteroatoms. The van der Waals surface area contributed by atoms with Crippen LogP contribution in [0.4, 0.5) is 0 Å². The number of aromatic nitrogens is 2. The number of aromatic amines is 1. The Kier molecular flexibility index (Phi) is 7.28. The van der Waals surface area contributed by atoms with E-state index < -0.39 is 22.7 Å². The van der Waals surface area contributed by atoms with Crippen molar-refractivity contribution >= 4 is 49.8 Å². The molecule has 2 aliphatic heterocycles. The van der Waals surface area contributed by atoms with Crippen LogP contribution in [0.2, 0.25) is 5.02 Å². The van der Waals surface area contributed by atoms with Gasteiger partial charge in [0.1, 0.15) is 0 Å². The number of fused-ring (bicyclic) bond motifs is 2. The molecule has 1 atom stereocenters. The first-order valence-corrected chi connectivity index (χ1v) is 14.6. The van der Waals surface area contributed by atoms with Crippen molar-refractivity contribution in [2.45, 2.75) is 43.5 Å². The number of thiazole rings is 1. The summed E-state index contributed by atoms with van der Waals surface area (Å²) < 4.78 is 28.8. The van der Waals surface area contributed by atoms with Gasteiger partial charge < -0.3 is 19.9 Å². The molecule has 1 aromatic carbocycles. The van der Waals surface area contributed by atoms with Gasteiger partial charge in [0.2, 0.25) is 0 Å². The van der Waals surface area contributed by atoms with E-state index in [2.05, 4.69) is 20.9 Å². The summed E-state index contributed by atoms with van der Waals surface area (Å²) in [6, 6.07) is 6.58. The molecular formula is C24H27ClN6O4S2. The van der Waals surface area contributed by atoms with E-state index in [9.17, 15) is 23.6 Å². The Hall–Kier alpha value is -2.53. The number of aliphatic hydroxyl groups excluding tert-OH is 1. The lowest BCUT2D eigenvalue weighted by Crippen LogP contribution is -2.56. The van der Waals surface area contributed by atoms with Gasteiger partial charge in [0.25, 0.3) is 15.9 Å². The van der Waals surface area contributed by atoms with E-state index in [1.165, 1.54) is 15.6 Å². The zero-order valence-electron chi connectivity index (χ0n) is 20.3. The molecule has 0 bridgehead atoms. The number of carbonyl (C=O) groups excluding carboxylic acids is 1. The number of halogens is 1. The topological polar surface area (TPSA) is 134 Å². The van der Waals surface area contributed by atoms with Crippen LogP contribution in [0, 0.1) is 11.3 Å². The van der Waals surface area contributed by atoms with Crippen LogP contribution < -0.4 is 0 Å². The number of H-pyrrole nitrogens is 1. The monoisotopic (exact) mass is 562 g/mol. The zero-order valence-corrected chi connectivity index (χ0v) is 22.7. The summed E-state index contributed by atoms with van der Waals surface area (Å²) in [6.07, 6.45) is 1.33. The highest BCUT2D eigenvalue weighted by Crippen LogP contribution is 2.32. The maximum Gasteiger partial charge on any atom is 0.283 e. The van der Waals surface area contributed by atoms with E-state index in [-0.39, 0.29) is 42.6 Å². The molecule has 3 aromatic rings. The van der Waals surface area contributed by atoms with Gasteiger partial charge in [-0.05, 0) is 31.7 Å². The summed E-state index contributed by atoms with van der Waals surface area (Å²) in [5.74, 6) is -0.224. The van der Waals surface area contributed by atoms with Gasteiger partial charge in [-0.15, -0.1) is 11.3 Å². The summed E-state index contributed by atoms with van der Waals surface area (Å²) in [7, 11) is -1.99. The first-order chi connectivity index (χ1) is 17.7. The van der Waals surface area contributed by atoms with Crippen LogP contribution in [0.25, 0.3) is 10.9 Å². The molecule has 0 aliphatic carbocycles. The van der Waals surface area contributed by atoms with Crippen molar-refractivity contribution in [3.05, 3.63) is 44.4 Å². The van der Waals surface area contributed by atoms with Crippen molar-refractivity contribution in [3.8, 4) is 6.07 Å². The molecule has 2 aromatic heterocycles. The fourth-order valence-electron chi connectivity index (χ4n) is 5.03. The molecule has 1 saturated heterocycles. The van der Waals surface area contributed by atoms with Crippen LogP contribution in [0.1, 0.15) is 38.8 Å². The molecule has 10 nitrogen and oxygen atoms in total. The smallest absolute Gasteiger partial charge is 0.283 e. The number of likely N-dealkylation sites (N-methyl/N-ethyl adjacent to an activating group) is 1. The number of piperazine rings is 1. The van der Waals surface area contributed by atoms with Crippen LogP contribution in [-0.2, 0) is 29.6 Å². The van der Waals surface area contributed by atoms with Gasteiger partial charge >= 0.3 is 0 Å². The second-order valence-corrected chi connectivity index (χ2v) is 12.8. The van der Waals surface area contributed by atoms with Gasteiger partial charge in [0.15, 0.2) is 10.0 Å². The molecule has 0 spiro atoms. The highest BCUT2D eigenvalue weighted by Gasteiger charge is 2.39. The van der Waals surface area contributed by atoms with Gasteiger partial charge in [-0.25, -0.2) is 13.4 Å². The van der Waals surface area contributed by atoms with E-state index >= 15 is 0 Å². The van der Waals surface area contributed by atoms with E-state index in [1.807, 2.05) is 7.05 Å². The number of carbonyl (C=O) groups is 1. The Labute approximate surface area is 224 Å². The van der Waals surface area contributed by atoms with Crippen molar-refractivity contribution in [3.63, 3.8) is 0 Å². The number of nitrogens with one attached hydrogen (secondary N) is 1. The number of aliphatic hydroxyl groups is 1. The van der Waals surface area contributed by atoms with Crippen molar-refractivity contribution in [2.75, 3.05) is 33.2 Å². The minimum absolute atomic E-state index is 0.0462. The third-order valence-electron chi connectivity index (χ3n) is 6.99. The summed E-state index contributed by atoms with van der Waals surface area (Å²) >= 11 is 7.49. The Morgan fingerprint density at radius 3 is 2.92 bits per heavy atom. The fraction of sp³-hybridized carbons (Fsp3) is 0.458. The third-order valence-corrected chi connectivity index (χ3v) is 10.2. The zero-order chi connectivity index (χ0) is 26.3. The number of amides is 1. The number of hydrogen-bond donors (Lipinski definition) is 2. The van der Waals surface area contributed by atoms with Gasteiger partial charge in [0.05, 0.1) is 18.4 Å². The standard InChI is InChI=1S/C24H27ClN6O4S2/c1-29-8-6-20-21(13-29)36-22(27-20)24(33)31-10-9-30(12-16(31)3-2-7-26)37(34,35)23-18(14-32)17-11-15(25)4-5-19(17)28-23/h4-5,11,16,28,32H,2-3,6,8-10,12-14H2,1H3. The number of benzene rings is 1. The predicted molar refractivity (Wildman–Crippen MR) is 140 cm³/mol. The second kappa shape index (κ2) is 10.3. The highest BCUT2D eigenvalue weighted by molar-refractivity contribution is 7.89. The van der Waals surface area contributed by atoms with E-state index in [0.29, 0.717) is 27.4 Å². The molecule has 0 radical (unpaired) electrons. The maximum absolute atomic E-state index is 13.7. The predicted octanol–water partition coefficient (Wildman–Crippen LogP) is 2.58. The van der Waals surface area contributed by atoms with Gasteiger partial charge in [-0.2, -0.15) is 9.57 Å². The largest absolute Gasteiger partial charge is 0.392 e. The molecule has 2 N–H and O–H groups in total. The average Bonchev–Trinajstić information content (AvgIpc) is 3.47. The second-order valence-electron chi connectivity index (χ2n) is 9.37. The molecule has 5 rings (SSSR count). The molecule has 196 valence electrons. The van der Waals surface area contributed by atoms with E-state index in [1.54, 1.807) is 23.1 Å². The number of nitriles is 1. The Morgan fingerprint density at radius 1 is 1.35 bits per heavy atom. The number of hydrogen-bond acceptors (Lipinski definition) is 8. The first kappa shape index (κ1) is 26.1. The summed E-state index contributed by atoms with van der Waals surface area (Å²) in [4.78, 5) is 26.0. The van der Waals surface area contributed by atoms with Gasteiger partial charge in [-0.3, -0.25) is 4.79 Å². The molecule has 4 heterocycles. The summed E-state index contributed by atoms with van der Waals surface area (Å²) in [5, 5.41) is 20.5.